The maximum atomic E-state index is 13.9. The molecule has 1 rings (SSSR count). The second kappa shape index (κ2) is 9.71. The first-order valence-electron chi connectivity index (χ1n) is 7.55. The van der Waals surface area contributed by atoms with Gasteiger partial charge in [0.05, 0.1) is 13.7 Å². The van der Waals surface area contributed by atoms with Crippen LogP contribution in [0.3, 0.4) is 0 Å². The first kappa shape index (κ1) is 17.9. The molecule has 0 saturated heterocycles. The highest BCUT2D eigenvalue weighted by atomic mass is 19.1. The van der Waals surface area contributed by atoms with Crippen molar-refractivity contribution in [2.75, 3.05) is 33.4 Å². The first-order valence-corrected chi connectivity index (χ1v) is 7.55. The molecular formula is C16H27FN2O2. The molecule has 5 heteroatoms. The topological polar surface area (TPSA) is 58.7 Å². The quantitative estimate of drug-likeness (QED) is 0.696. The third-order valence-corrected chi connectivity index (χ3v) is 3.60. The molecule has 0 fully saturated rings. The Morgan fingerprint density at radius 1 is 1.33 bits per heavy atom. The highest BCUT2D eigenvalue weighted by Crippen LogP contribution is 2.28. The summed E-state index contributed by atoms with van der Waals surface area (Å²) in [5, 5.41) is 9.09. The lowest BCUT2D eigenvalue weighted by Gasteiger charge is -2.24. The van der Waals surface area contributed by atoms with Crippen molar-refractivity contribution < 1.29 is 14.2 Å². The third kappa shape index (κ3) is 5.61. The lowest BCUT2D eigenvalue weighted by atomic mass is 10.0. The smallest absolute Gasteiger partial charge is 0.131 e. The highest BCUT2D eigenvalue weighted by Gasteiger charge is 2.17. The van der Waals surface area contributed by atoms with Gasteiger partial charge in [0.1, 0.15) is 11.6 Å². The summed E-state index contributed by atoms with van der Waals surface area (Å²) in [4.78, 5) is 2.16. The predicted molar refractivity (Wildman–Crippen MR) is 82.9 cm³/mol. The van der Waals surface area contributed by atoms with Gasteiger partial charge < -0.3 is 20.5 Å². The zero-order chi connectivity index (χ0) is 15.7. The summed E-state index contributed by atoms with van der Waals surface area (Å²) in [6, 6.07) is 4.33. The summed E-state index contributed by atoms with van der Waals surface area (Å²) in [5.74, 6) is 0.161. The molecule has 0 amide bonds. The molecule has 0 aliphatic carbocycles. The number of benzene rings is 1. The average molecular weight is 298 g/mol. The Bertz CT molecular complexity index is 415. The van der Waals surface area contributed by atoms with E-state index in [1.807, 2.05) is 0 Å². The summed E-state index contributed by atoms with van der Waals surface area (Å²) in [7, 11) is 1.52. The number of unbranched alkanes of at least 4 members (excludes halogenated alkanes) is 1. The monoisotopic (exact) mass is 298 g/mol. The lowest BCUT2D eigenvalue weighted by molar-refractivity contribution is 0.189. The molecule has 0 aromatic heterocycles. The van der Waals surface area contributed by atoms with E-state index in [4.69, 9.17) is 15.6 Å². The van der Waals surface area contributed by atoms with Crippen molar-refractivity contribution in [3.05, 3.63) is 29.6 Å². The molecule has 0 spiro atoms. The predicted octanol–water partition coefficient (Wildman–Crippen LogP) is 2.32. The summed E-state index contributed by atoms with van der Waals surface area (Å²) >= 11 is 0. The summed E-state index contributed by atoms with van der Waals surface area (Å²) in [6.07, 6.45) is 2.81. The van der Waals surface area contributed by atoms with Crippen molar-refractivity contribution in [1.82, 2.24) is 4.90 Å². The minimum absolute atomic E-state index is 0.127. The minimum Gasteiger partial charge on any atom is -0.496 e. The number of nitrogens with zero attached hydrogens (tertiary/aromatic N) is 1. The van der Waals surface area contributed by atoms with Crippen LogP contribution in [-0.2, 0) is 0 Å². The van der Waals surface area contributed by atoms with Crippen LogP contribution in [0.4, 0.5) is 4.39 Å². The van der Waals surface area contributed by atoms with Crippen molar-refractivity contribution in [1.29, 1.82) is 0 Å². The zero-order valence-electron chi connectivity index (χ0n) is 13.0. The molecule has 3 N–H and O–H groups in total. The van der Waals surface area contributed by atoms with E-state index in [1.165, 1.54) is 13.2 Å². The second-order valence-corrected chi connectivity index (χ2v) is 5.17. The van der Waals surface area contributed by atoms with E-state index in [1.54, 1.807) is 12.1 Å². The number of aliphatic hydroxyl groups excluding tert-OH is 1. The van der Waals surface area contributed by atoms with E-state index >= 15 is 0 Å². The van der Waals surface area contributed by atoms with E-state index in [2.05, 4.69) is 11.8 Å². The lowest BCUT2D eigenvalue weighted by Crippen LogP contribution is -2.31. The third-order valence-electron chi connectivity index (χ3n) is 3.60. The van der Waals surface area contributed by atoms with Crippen molar-refractivity contribution in [3.8, 4) is 5.75 Å². The van der Waals surface area contributed by atoms with Gasteiger partial charge in [0.15, 0.2) is 0 Å². The fourth-order valence-electron chi connectivity index (χ4n) is 2.38. The molecule has 21 heavy (non-hydrogen) atoms. The summed E-state index contributed by atoms with van der Waals surface area (Å²) in [6.45, 7) is 4.55. The van der Waals surface area contributed by atoms with E-state index in [0.29, 0.717) is 24.3 Å². The maximum absolute atomic E-state index is 13.9. The van der Waals surface area contributed by atoms with Crippen LogP contribution < -0.4 is 10.5 Å². The van der Waals surface area contributed by atoms with Gasteiger partial charge in [-0.05, 0) is 31.5 Å². The van der Waals surface area contributed by atoms with E-state index in [0.717, 1.165) is 25.9 Å². The molecule has 4 nitrogen and oxygen atoms in total. The average Bonchev–Trinajstić information content (AvgIpc) is 2.49. The molecular weight excluding hydrogens is 271 g/mol. The van der Waals surface area contributed by atoms with Gasteiger partial charge in [0.25, 0.3) is 0 Å². The fourth-order valence-corrected chi connectivity index (χ4v) is 2.38. The van der Waals surface area contributed by atoms with Gasteiger partial charge in [0.2, 0.25) is 0 Å². The number of aliphatic hydroxyl groups is 1. The summed E-state index contributed by atoms with van der Waals surface area (Å²) in [5.41, 5.74) is 6.57. The van der Waals surface area contributed by atoms with Crippen LogP contribution in [0.25, 0.3) is 0 Å². The molecule has 0 saturated carbocycles. The van der Waals surface area contributed by atoms with Crippen LogP contribution in [0.15, 0.2) is 18.2 Å². The maximum Gasteiger partial charge on any atom is 0.131 e. The molecule has 0 bridgehead atoms. The first-order chi connectivity index (χ1) is 10.1. The highest BCUT2D eigenvalue weighted by molar-refractivity contribution is 5.37. The van der Waals surface area contributed by atoms with Crippen LogP contribution in [-0.4, -0.2) is 43.4 Å². The van der Waals surface area contributed by atoms with E-state index < -0.39 is 6.04 Å². The van der Waals surface area contributed by atoms with E-state index in [-0.39, 0.29) is 12.4 Å². The second-order valence-electron chi connectivity index (χ2n) is 5.17. The van der Waals surface area contributed by atoms with Gasteiger partial charge >= 0.3 is 0 Å². The summed E-state index contributed by atoms with van der Waals surface area (Å²) < 4.78 is 19.1. The Kier molecular flexibility index (Phi) is 8.27. The van der Waals surface area contributed by atoms with Crippen molar-refractivity contribution in [3.63, 3.8) is 0 Å². The standard InChI is InChI=1S/C16H27FN2O2/c1-3-4-9-19(11-12-20)10-8-14(18)16-13(17)6-5-7-15(16)21-2/h5-7,14,20H,3-4,8-12,18H2,1-2H3. The van der Waals surface area contributed by atoms with Crippen molar-refractivity contribution >= 4 is 0 Å². The molecule has 0 radical (unpaired) electrons. The van der Waals surface area contributed by atoms with Crippen LogP contribution in [0.1, 0.15) is 37.8 Å². The molecule has 1 aromatic rings. The number of hydrogen-bond acceptors (Lipinski definition) is 4. The van der Waals surface area contributed by atoms with Crippen LogP contribution in [0.5, 0.6) is 5.75 Å². The Morgan fingerprint density at radius 2 is 2.10 bits per heavy atom. The Balaban J connectivity index is 2.65. The SMILES string of the molecule is CCCCN(CCO)CCC(N)c1c(F)cccc1OC. The number of ether oxygens (including phenoxy) is 1. The number of hydrogen-bond donors (Lipinski definition) is 2. The number of nitrogens with two attached hydrogens (primary N) is 1. The Hall–Kier alpha value is -1.17. The van der Waals surface area contributed by atoms with Crippen LogP contribution in [0.2, 0.25) is 0 Å². The zero-order valence-corrected chi connectivity index (χ0v) is 13.0. The molecule has 0 heterocycles. The molecule has 1 aromatic carbocycles. The number of methoxy groups -OCH3 is 1. The van der Waals surface area contributed by atoms with Crippen LogP contribution in [0, 0.1) is 5.82 Å². The Morgan fingerprint density at radius 3 is 2.71 bits per heavy atom. The van der Waals surface area contributed by atoms with Crippen LogP contribution >= 0.6 is 0 Å². The molecule has 1 unspecified atom stereocenters. The van der Waals surface area contributed by atoms with Gasteiger partial charge in [-0.3, -0.25) is 0 Å². The normalized spacial score (nSPS) is 12.7. The molecule has 1 atom stereocenters. The minimum atomic E-state index is -0.413. The molecule has 0 aliphatic rings. The molecule has 120 valence electrons. The van der Waals surface area contributed by atoms with Gasteiger partial charge in [-0.25, -0.2) is 4.39 Å². The van der Waals surface area contributed by atoms with Crippen molar-refractivity contribution in [2.45, 2.75) is 32.2 Å². The fraction of sp³-hybridized carbons (Fsp3) is 0.625. The number of halogens is 1. The van der Waals surface area contributed by atoms with Gasteiger partial charge in [0, 0.05) is 24.7 Å². The van der Waals surface area contributed by atoms with Gasteiger partial charge in [-0.1, -0.05) is 19.4 Å². The van der Waals surface area contributed by atoms with Crippen molar-refractivity contribution in [2.24, 2.45) is 5.73 Å². The molecule has 0 aliphatic heterocycles. The largest absolute Gasteiger partial charge is 0.496 e. The van der Waals surface area contributed by atoms with E-state index in [9.17, 15) is 4.39 Å². The number of rotatable bonds is 10. The Labute approximate surface area is 126 Å². The van der Waals surface area contributed by atoms with Gasteiger partial charge in [-0.15, -0.1) is 0 Å². The van der Waals surface area contributed by atoms with Gasteiger partial charge in [-0.2, -0.15) is 0 Å².